The zero-order chi connectivity index (χ0) is 28.6. The van der Waals surface area contributed by atoms with Crippen LogP contribution in [0.2, 0.25) is 0 Å². The van der Waals surface area contributed by atoms with Crippen molar-refractivity contribution in [2.75, 3.05) is 38.8 Å². The molecule has 2 aromatic carbocycles. The van der Waals surface area contributed by atoms with E-state index in [9.17, 15) is 22.8 Å². The summed E-state index contributed by atoms with van der Waals surface area (Å²) in [6.45, 7) is 3.15. The average Bonchev–Trinajstić information content (AvgIpc) is 3.62. The maximum atomic E-state index is 14.3. The maximum Gasteiger partial charge on any atom is 0.418 e. The van der Waals surface area contributed by atoms with Gasteiger partial charge in [0.25, 0.3) is 5.56 Å². The van der Waals surface area contributed by atoms with Crippen molar-refractivity contribution in [1.29, 1.82) is 0 Å². The predicted octanol–water partition coefficient (Wildman–Crippen LogP) is 4.39. The number of nitrogens with zero attached hydrogens (tertiary/aromatic N) is 3. The van der Waals surface area contributed by atoms with Crippen molar-refractivity contribution in [3.8, 4) is 28.4 Å². The van der Waals surface area contributed by atoms with E-state index >= 15 is 0 Å². The molecule has 1 atom stereocenters. The summed E-state index contributed by atoms with van der Waals surface area (Å²) in [6, 6.07) is 9.01. The van der Waals surface area contributed by atoms with Gasteiger partial charge in [0, 0.05) is 49.4 Å². The molecule has 11 heteroatoms. The van der Waals surface area contributed by atoms with E-state index in [2.05, 4.69) is 10.4 Å². The van der Waals surface area contributed by atoms with Gasteiger partial charge in [0.15, 0.2) is 0 Å². The van der Waals surface area contributed by atoms with Crippen LogP contribution in [0.3, 0.4) is 0 Å². The van der Waals surface area contributed by atoms with Crippen LogP contribution in [0.4, 0.5) is 18.9 Å². The first kappa shape index (κ1) is 27.5. The van der Waals surface area contributed by atoms with Crippen molar-refractivity contribution < 1.29 is 27.4 Å². The van der Waals surface area contributed by atoms with Gasteiger partial charge in [-0.05, 0) is 67.5 Å². The molecule has 2 aliphatic rings. The first-order valence-electron chi connectivity index (χ1n) is 13.2. The lowest BCUT2D eigenvalue weighted by Crippen LogP contribution is -2.30. The molecule has 0 spiro atoms. The number of carbonyl (C=O) groups is 1. The Morgan fingerprint density at radius 1 is 1.07 bits per heavy atom. The summed E-state index contributed by atoms with van der Waals surface area (Å²) >= 11 is 0. The zero-order valence-electron chi connectivity index (χ0n) is 22.6. The number of fused-ring (bicyclic) bond motifs is 1. The van der Waals surface area contributed by atoms with Crippen LogP contribution >= 0.6 is 0 Å². The highest BCUT2D eigenvalue weighted by atomic mass is 19.4. The van der Waals surface area contributed by atoms with Gasteiger partial charge in [-0.1, -0.05) is 0 Å². The number of alkyl halides is 3. The van der Waals surface area contributed by atoms with E-state index < -0.39 is 17.3 Å². The lowest BCUT2D eigenvalue weighted by Gasteiger charge is -2.23. The van der Waals surface area contributed by atoms with Crippen LogP contribution in [-0.2, 0) is 23.8 Å². The van der Waals surface area contributed by atoms with Gasteiger partial charge >= 0.3 is 6.18 Å². The minimum atomic E-state index is -4.70. The van der Waals surface area contributed by atoms with Crippen LogP contribution in [0.15, 0.2) is 41.2 Å². The SMILES string of the molecule is COc1cc(OC)cc(-c2nn(-c3cc(N4CCC(CNC(C)=O)C4)ccc3C(F)(F)F)c(=O)c3c2CCC3)c1. The lowest BCUT2D eigenvalue weighted by molar-refractivity contribution is -0.137. The van der Waals surface area contributed by atoms with Gasteiger partial charge in [-0.15, -0.1) is 0 Å². The Kier molecular flexibility index (Phi) is 7.48. The van der Waals surface area contributed by atoms with E-state index in [0.29, 0.717) is 72.9 Å². The molecular weight excluding hydrogens is 525 g/mol. The third-order valence-electron chi connectivity index (χ3n) is 7.58. The highest BCUT2D eigenvalue weighted by Gasteiger charge is 2.36. The highest BCUT2D eigenvalue weighted by molar-refractivity contribution is 5.73. The molecule has 1 amide bonds. The van der Waals surface area contributed by atoms with Gasteiger partial charge in [0.05, 0.1) is 31.2 Å². The summed E-state index contributed by atoms with van der Waals surface area (Å²) in [4.78, 5) is 26.9. The van der Waals surface area contributed by atoms with Crippen molar-refractivity contribution in [3.05, 3.63) is 63.4 Å². The number of carbonyl (C=O) groups excluding carboxylic acids is 1. The normalized spacial score (nSPS) is 16.6. The fourth-order valence-electron chi connectivity index (χ4n) is 5.57. The number of ether oxygens (including phenoxy) is 2. The molecule has 1 saturated heterocycles. The fraction of sp³-hybridized carbons (Fsp3) is 0.414. The Morgan fingerprint density at radius 2 is 1.77 bits per heavy atom. The largest absolute Gasteiger partial charge is 0.497 e. The molecule has 3 aromatic rings. The smallest absolute Gasteiger partial charge is 0.418 e. The van der Waals surface area contributed by atoms with Crippen LogP contribution < -0.4 is 25.2 Å². The van der Waals surface area contributed by atoms with Gasteiger partial charge < -0.3 is 19.7 Å². The summed E-state index contributed by atoms with van der Waals surface area (Å²) in [5.41, 5.74) is 1.000. The molecule has 1 fully saturated rings. The number of benzene rings is 2. The van der Waals surface area contributed by atoms with E-state index in [0.717, 1.165) is 22.7 Å². The molecule has 212 valence electrons. The van der Waals surface area contributed by atoms with Crippen molar-refractivity contribution in [2.24, 2.45) is 5.92 Å². The minimum Gasteiger partial charge on any atom is -0.497 e. The Bertz CT molecular complexity index is 1480. The van der Waals surface area contributed by atoms with Crippen molar-refractivity contribution in [3.63, 3.8) is 0 Å². The van der Waals surface area contributed by atoms with Gasteiger partial charge in [0.2, 0.25) is 5.91 Å². The Morgan fingerprint density at radius 3 is 2.42 bits per heavy atom. The number of amides is 1. The predicted molar refractivity (Wildman–Crippen MR) is 144 cm³/mol. The minimum absolute atomic E-state index is 0.123. The summed E-state index contributed by atoms with van der Waals surface area (Å²) in [7, 11) is 3.02. The molecule has 1 aliphatic heterocycles. The van der Waals surface area contributed by atoms with Gasteiger partial charge in [-0.3, -0.25) is 9.59 Å². The second-order valence-corrected chi connectivity index (χ2v) is 10.2. The number of hydrogen-bond acceptors (Lipinski definition) is 6. The fourth-order valence-corrected chi connectivity index (χ4v) is 5.57. The van der Waals surface area contributed by atoms with Crippen molar-refractivity contribution in [1.82, 2.24) is 15.1 Å². The van der Waals surface area contributed by atoms with Crippen molar-refractivity contribution >= 4 is 11.6 Å². The summed E-state index contributed by atoms with van der Waals surface area (Å²) in [5.74, 6) is 1.05. The molecule has 1 unspecified atom stereocenters. The number of halogens is 3. The second kappa shape index (κ2) is 10.9. The van der Waals surface area contributed by atoms with Gasteiger partial charge in [-0.25, -0.2) is 0 Å². The molecule has 40 heavy (non-hydrogen) atoms. The van der Waals surface area contributed by atoms with E-state index in [-0.39, 0.29) is 17.5 Å². The molecular formula is C29H31F3N4O4. The van der Waals surface area contributed by atoms with E-state index in [4.69, 9.17) is 9.47 Å². The highest BCUT2D eigenvalue weighted by Crippen LogP contribution is 2.38. The number of rotatable bonds is 7. The van der Waals surface area contributed by atoms with Crippen LogP contribution in [0.25, 0.3) is 16.9 Å². The number of nitrogens with one attached hydrogen (secondary N) is 1. The molecule has 1 N–H and O–H groups in total. The molecule has 1 aromatic heterocycles. The van der Waals surface area contributed by atoms with Crippen LogP contribution in [0.5, 0.6) is 11.5 Å². The topological polar surface area (TPSA) is 85.7 Å². The molecule has 0 saturated carbocycles. The standard InChI is InChI=1S/C29H31F3N4O4/c1-17(37)33-15-18-9-10-35(16-18)20-7-8-25(29(30,31)32)26(13-20)36-28(38)24-6-4-5-23(24)27(34-36)19-11-21(39-2)14-22(12-19)40-3/h7-8,11-14,18H,4-6,9-10,15-16H2,1-3H3,(H,33,37). The van der Waals surface area contributed by atoms with Gasteiger partial charge in [0.1, 0.15) is 11.5 Å². The van der Waals surface area contributed by atoms with Crippen LogP contribution in [0.1, 0.15) is 36.5 Å². The summed E-state index contributed by atoms with van der Waals surface area (Å²) < 4.78 is 54.5. The van der Waals surface area contributed by atoms with E-state index in [1.807, 2.05) is 4.90 Å². The third-order valence-corrected chi connectivity index (χ3v) is 7.58. The lowest BCUT2D eigenvalue weighted by atomic mass is 10.0. The molecule has 2 heterocycles. The molecule has 1 aliphatic carbocycles. The molecule has 0 radical (unpaired) electrons. The average molecular weight is 557 g/mol. The Labute approximate surface area is 229 Å². The van der Waals surface area contributed by atoms with Crippen LogP contribution in [0, 0.1) is 5.92 Å². The number of hydrogen-bond donors (Lipinski definition) is 1. The van der Waals surface area contributed by atoms with Gasteiger partial charge in [-0.2, -0.15) is 23.0 Å². The molecule has 8 nitrogen and oxygen atoms in total. The second-order valence-electron chi connectivity index (χ2n) is 10.2. The third kappa shape index (κ3) is 5.37. The van der Waals surface area contributed by atoms with Crippen molar-refractivity contribution in [2.45, 2.75) is 38.8 Å². The summed E-state index contributed by atoms with van der Waals surface area (Å²) in [5, 5.41) is 7.38. The number of aromatic nitrogens is 2. The van der Waals surface area contributed by atoms with E-state index in [1.54, 1.807) is 18.2 Å². The maximum absolute atomic E-state index is 14.3. The zero-order valence-corrected chi connectivity index (χ0v) is 22.6. The van der Waals surface area contributed by atoms with Crippen LogP contribution in [-0.4, -0.2) is 49.5 Å². The first-order chi connectivity index (χ1) is 19.1. The number of anilines is 1. The van der Waals surface area contributed by atoms with E-state index in [1.165, 1.54) is 33.3 Å². The molecule has 0 bridgehead atoms. The Hall–Kier alpha value is -4.02. The summed E-state index contributed by atoms with van der Waals surface area (Å²) in [6.07, 6.45) is -2.15. The quantitative estimate of drug-likeness (QED) is 0.465. The molecule has 5 rings (SSSR count). The monoisotopic (exact) mass is 556 g/mol. The first-order valence-corrected chi connectivity index (χ1v) is 13.2. The number of methoxy groups -OCH3 is 2. The Balaban J connectivity index is 1.64.